The number of aromatic nitrogens is 2. The second kappa shape index (κ2) is 10.1. The Balaban J connectivity index is 1.23. The van der Waals surface area contributed by atoms with Crippen molar-refractivity contribution in [2.45, 2.75) is 26.0 Å². The third-order valence-electron chi connectivity index (χ3n) is 5.13. The normalized spacial score (nSPS) is 16.9. The molecule has 3 aromatic rings. The van der Waals surface area contributed by atoms with E-state index in [0.717, 1.165) is 43.2 Å². The van der Waals surface area contributed by atoms with Crippen molar-refractivity contribution in [2.24, 2.45) is 5.92 Å². The van der Waals surface area contributed by atoms with Crippen molar-refractivity contribution in [1.82, 2.24) is 15.0 Å². The van der Waals surface area contributed by atoms with Crippen molar-refractivity contribution in [3.63, 3.8) is 0 Å². The van der Waals surface area contributed by atoms with Crippen LogP contribution in [0.2, 0.25) is 0 Å². The minimum atomic E-state index is 0.297. The van der Waals surface area contributed by atoms with Gasteiger partial charge in [-0.25, -0.2) is 0 Å². The number of hydrogen-bond acceptors (Lipinski definition) is 7. The quantitative estimate of drug-likeness (QED) is 0.530. The summed E-state index contributed by atoms with van der Waals surface area (Å²) in [4.78, 5) is 6.81. The lowest BCUT2D eigenvalue weighted by molar-refractivity contribution is 0.115. The Kier molecular flexibility index (Phi) is 6.82. The molecule has 0 saturated carbocycles. The topological polar surface area (TPSA) is 69.9 Å². The molecule has 0 aliphatic carbocycles. The van der Waals surface area contributed by atoms with E-state index in [1.807, 2.05) is 54.6 Å². The van der Waals surface area contributed by atoms with Gasteiger partial charge in [0.1, 0.15) is 17.2 Å². The van der Waals surface area contributed by atoms with Gasteiger partial charge in [0.25, 0.3) is 0 Å². The molecule has 4 rings (SSSR count). The molecule has 0 radical (unpaired) electrons. The van der Waals surface area contributed by atoms with Gasteiger partial charge in [-0.2, -0.15) is 4.98 Å². The SMILES string of the molecule is COc1ccc(OC[C@H]2CCCN(Cc3nc(COc4ccccc4)no3)C2)cc1. The minimum absolute atomic E-state index is 0.297. The lowest BCUT2D eigenvalue weighted by Gasteiger charge is -2.31. The van der Waals surface area contributed by atoms with Gasteiger partial charge in [0.15, 0.2) is 6.61 Å². The zero-order chi connectivity index (χ0) is 20.6. The zero-order valence-corrected chi connectivity index (χ0v) is 17.2. The number of piperidine rings is 1. The van der Waals surface area contributed by atoms with E-state index in [9.17, 15) is 0 Å². The Morgan fingerprint density at radius 3 is 2.57 bits per heavy atom. The molecule has 2 heterocycles. The molecule has 0 bridgehead atoms. The molecule has 0 N–H and O–H groups in total. The molecule has 7 heteroatoms. The fraction of sp³-hybridized carbons (Fsp3) is 0.391. The smallest absolute Gasteiger partial charge is 0.240 e. The van der Waals surface area contributed by atoms with Gasteiger partial charge in [-0.3, -0.25) is 4.90 Å². The number of ether oxygens (including phenoxy) is 3. The molecule has 0 unspecified atom stereocenters. The first-order valence-electron chi connectivity index (χ1n) is 10.3. The fourth-order valence-electron chi connectivity index (χ4n) is 3.59. The Labute approximate surface area is 176 Å². The highest BCUT2D eigenvalue weighted by atomic mass is 16.5. The number of hydrogen-bond donors (Lipinski definition) is 0. The van der Waals surface area contributed by atoms with Crippen molar-refractivity contribution < 1.29 is 18.7 Å². The van der Waals surface area contributed by atoms with E-state index in [0.29, 0.717) is 37.4 Å². The Bertz CT molecular complexity index is 898. The van der Waals surface area contributed by atoms with E-state index in [2.05, 4.69) is 15.0 Å². The van der Waals surface area contributed by atoms with Gasteiger partial charge in [0.05, 0.1) is 20.3 Å². The molecule has 158 valence electrons. The molecular formula is C23H27N3O4. The summed E-state index contributed by atoms with van der Waals surface area (Å²) in [7, 11) is 1.66. The zero-order valence-electron chi connectivity index (χ0n) is 17.2. The summed E-state index contributed by atoms with van der Waals surface area (Å²) in [5.41, 5.74) is 0. The Hall–Kier alpha value is -3.06. The van der Waals surface area contributed by atoms with Gasteiger partial charge >= 0.3 is 0 Å². The second-order valence-corrected chi connectivity index (χ2v) is 7.44. The highest BCUT2D eigenvalue weighted by Crippen LogP contribution is 2.22. The maximum Gasteiger partial charge on any atom is 0.240 e. The fourth-order valence-corrected chi connectivity index (χ4v) is 3.59. The van der Waals surface area contributed by atoms with E-state index in [-0.39, 0.29) is 0 Å². The summed E-state index contributed by atoms with van der Waals surface area (Å²) in [6.07, 6.45) is 2.29. The summed E-state index contributed by atoms with van der Waals surface area (Å²) in [5.74, 6) is 4.15. The van der Waals surface area contributed by atoms with Crippen LogP contribution in [0.25, 0.3) is 0 Å². The third-order valence-corrected chi connectivity index (χ3v) is 5.13. The van der Waals surface area contributed by atoms with Crippen LogP contribution in [0.4, 0.5) is 0 Å². The monoisotopic (exact) mass is 409 g/mol. The molecule has 1 aliphatic rings. The van der Waals surface area contributed by atoms with Crippen LogP contribution in [0.5, 0.6) is 17.2 Å². The number of para-hydroxylation sites is 1. The molecule has 0 amide bonds. The largest absolute Gasteiger partial charge is 0.497 e. The summed E-state index contributed by atoms with van der Waals surface area (Å²) in [6.45, 7) is 3.62. The molecule has 2 aromatic carbocycles. The van der Waals surface area contributed by atoms with Crippen molar-refractivity contribution in [2.75, 3.05) is 26.8 Å². The summed E-state index contributed by atoms with van der Waals surface area (Å²) in [5, 5.41) is 4.03. The maximum absolute atomic E-state index is 5.97. The molecule has 1 saturated heterocycles. The van der Waals surface area contributed by atoms with Crippen LogP contribution >= 0.6 is 0 Å². The summed E-state index contributed by atoms with van der Waals surface area (Å²) < 4.78 is 22.2. The number of nitrogens with zero attached hydrogens (tertiary/aromatic N) is 3. The summed E-state index contributed by atoms with van der Waals surface area (Å²) in [6, 6.07) is 17.3. The molecule has 0 spiro atoms. The van der Waals surface area contributed by atoms with E-state index in [1.165, 1.54) is 0 Å². The standard InChI is InChI=1S/C23H27N3O4/c1-27-19-9-11-21(12-10-19)28-16-18-6-5-13-26(14-18)15-23-24-22(25-30-23)17-29-20-7-3-2-4-8-20/h2-4,7-12,18H,5-6,13-17H2,1H3/t18-/m0/s1. The van der Waals surface area contributed by atoms with Crippen LogP contribution in [0, 0.1) is 5.92 Å². The number of methoxy groups -OCH3 is 1. The van der Waals surface area contributed by atoms with E-state index in [1.54, 1.807) is 7.11 Å². The van der Waals surface area contributed by atoms with Crippen LogP contribution in [0.1, 0.15) is 24.6 Å². The van der Waals surface area contributed by atoms with E-state index < -0.39 is 0 Å². The van der Waals surface area contributed by atoms with Crippen LogP contribution in [-0.4, -0.2) is 41.8 Å². The molecular weight excluding hydrogens is 382 g/mol. The highest BCUT2D eigenvalue weighted by molar-refractivity contribution is 5.31. The predicted molar refractivity (Wildman–Crippen MR) is 112 cm³/mol. The first-order chi connectivity index (χ1) is 14.8. The number of likely N-dealkylation sites (tertiary alicyclic amines) is 1. The first-order valence-corrected chi connectivity index (χ1v) is 10.3. The predicted octanol–water partition coefficient (Wildman–Crippen LogP) is 3.95. The van der Waals surface area contributed by atoms with Gasteiger partial charge in [0.2, 0.25) is 11.7 Å². The van der Waals surface area contributed by atoms with Crippen LogP contribution in [-0.2, 0) is 13.2 Å². The van der Waals surface area contributed by atoms with E-state index in [4.69, 9.17) is 18.7 Å². The van der Waals surface area contributed by atoms with Gasteiger partial charge < -0.3 is 18.7 Å². The van der Waals surface area contributed by atoms with Crippen LogP contribution < -0.4 is 14.2 Å². The van der Waals surface area contributed by atoms with Gasteiger partial charge in [-0.15, -0.1) is 0 Å². The van der Waals surface area contributed by atoms with Crippen LogP contribution in [0.3, 0.4) is 0 Å². The molecule has 7 nitrogen and oxygen atoms in total. The Morgan fingerprint density at radius 2 is 1.77 bits per heavy atom. The maximum atomic E-state index is 5.97. The molecule has 1 aromatic heterocycles. The lowest BCUT2D eigenvalue weighted by atomic mass is 9.99. The third kappa shape index (κ3) is 5.73. The molecule has 1 fully saturated rings. The van der Waals surface area contributed by atoms with E-state index >= 15 is 0 Å². The van der Waals surface area contributed by atoms with Crippen molar-refractivity contribution in [1.29, 1.82) is 0 Å². The van der Waals surface area contributed by atoms with Crippen LogP contribution in [0.15, 0.2) is 59.1 Å². The Morgan fingerprint density at radius 1 is 1.00 bits per heavy atom. The number of benzene rings is 2. The lowest BCUT2D eigenvalue weighted by Crippen LogP contribution is -2.37. The molecule has 30 heavy (non-hydrogen) atoms. The van der Waals surface area contributed by atoms with Gasteiger partial charge in [-0.05, 0) is 55.8 Å². The van der Waals surface area contributed by atoms with Gasteiger partial charge in [-0.1, -0.05) is 23.4 Å². The average Bonchev–Trinajstić information content (AvgIpc) is 3.25. The second-order valence-electron chi connectivity index (χ2n) is 7.44. The minimum Gasteiger partial charge on any atom is -0.497 e. The van der Waals surface area contributed by atoms with Crippen molar-refractivity contribution in [3.8, 4) is 17.2 Å². The van der Waals surface area contributed by atoms with Gasteiger partial charge in [0, 0.05) is 12.5 Å². The average molecular weight is 409 g/mol. The summed E-state index contributed by atoms with van der Waals surface area (Å²) >= 11 is 0. The van der Waals surface area contributed by atoms with Crippen molar-refractivity contribution in [3.05, 3.63) is 66.3 Å². The molecule has 1 atom stereocenters. The van der Waals surface area contributed by atoms with Crippen molar-refractivity contribution >= 4 is 0 Å². The highest BCUT2D eigenvalue weighted by Gasteiger charge is 2.22. The number of rotatable bonds is 9. The molecule has 1 aliphatic heterocycles. The first kappa shape index (κ1) is 20.2.